The third kappa shape index (κ3) is 1.28. The summed E-state index contributed by atoms with van der Waals surface area (Å²) >= 11 is 0. The molecule has 0 fully saturated rings. The minimum atomic E-state index is 0.229. The van der Waals surface area contributed by atoms with Crippen LogP contribution in [0.25, 0.3) is 11.0 Å². The van der Waals surface area contributed by atoms with Crippen molar-refractivity contribution in [3.05, 3.63) is 30.1 Å². The van der Waals surface area contributed by atoms with Gasteiger partial charge in [0.2, 0.25) is 0 Å². The summed E-state index contributed by atoms with van der Waals surface area (Å²) in [5.74, 6) is 0.498. The topological polar surface area (TPSA) is 43.8 Å². The van der Waals surface area contributed by atoms with Gasteiger partial charge in [0.05, 0.1) is 17.4 Å². The Morgan fingerprint density at radius 2 is 2.38 bits per heavy atom. The molecular formula is C13H17N3. The van der Waals surface area contributed by atoms with Gasteiger partial charge in [-0.2, -0.15) is 0 Å². The van der Waals surface area contributed by atoms with Crippen molar-refractivity contribution in [2.45, 2.75) is 38.3 Å². The molecule has 0 saturated heterocycles. The number of hydrogen-bond acceptors (Lipinski definition) is 2. The highest BCUT2D eigenvalue weighted by atomic mass is 15.1. The molecule has 16 heavy (non-hydrogen) atoms. The van der Waals surface area contributed by atoms with Crippen molar-refractivity contribution in [3.63, 3.8) is 0 Å². The molecule has 84 valence electrons. The van der Waals surface area contributed by atoms with Crippen molar-refractivity contribution in [2.75, 3.05) is 0 Å². The fourth-order valence-corrected chi connectivity index (χ4v) is 2.86. The quantitative estimate of drug-likeness (QED) is 0.835. The standard InChI is InChI=1S/C13H17N3/c1-2-4-9-10-5-3-6-12-13(10)16(8-15-12)7-11(9)14/h3,5-6,8-9,11H,2,4,7,14H2,1H3. The zero-order chi connectivity index (χ0) is 11.1. The van der Waals surface area contributed by atoms with Gasteiger partial charge < -0.3 is 10.3 Å². The second kappa shape index (κ2) is 3.59. The van der Waals surface area contributed by atoms with Crippen molar-refractivity contribution in [1.29, 1.82) is 0 Å². The molecule has 1 aromatic heterocycles. The molecule has 0 bridgehead atoms. The molecule has 0 radical (unpaired) electrons. The van der Waals surface area contributed by atoms with E-state index in [9.17, 15) is 0 Å². The minimum Gasteiger partial charge on any atom is -0.329 e. The minimum absolute atomic E-state index is 0.229. The summed E-state index contributed by atoms with van der Waals surface area (Å²) in [4.78, 5) is 4.43. The Balaban J connectivity index is 2.21. The van der Waals surface area contributed by atoms with Gasteiger partial charge in [-0.05, 0) is 18.1 Å². The summed E-state index contributed by atoms with van der Waals surface area (Å²) in [6.07, 6.45) is 4.27. The molecule has 3 heteroatoms. The van der Waals surface area contributed by atoms with Crippen LogP contribution in [0.1, 0.15) is 31.2 Å². The van der Waals surface area contributed by atoms with Gasteiger partial charge in [0.1, 0.15) is 0 Å². The predicted octanol–water partition coefficient (Wildman–Crippen LogP) is 2.26. The van der Waals surface area contributed by atoms with Gasteiger partial charge in [-0.1, -0.05) is 25.5 Å². The third-order valence-corrected chi connectivity index (χ3v) is 3.59. The average molecular weight is 215 g/mol. The van der Waals surface area contributed by atoms with Crippen LogP contribution >= 0.6 is 0 Å². The van der Waals surface area contributed by atoms with Crippen LogP contribution in [-0.2, 0) is 6.54 Å². The molecule has 1 aromatic carbocycles. The largest absolute Gasteiger partial charge is 0.329 e. The number of aromatic nitrogens is 2. The predicted molar refractivity (Wildman–Crippen MR) is 65.4 cm³/mol. The Morgan fingerprint density at radius 1 is 1.50 bits per heavy atom. The first-order chi connectivity index (χ1) is 7.81. The van der Waals surface area contributed by atoms with Gasteiger partial charge in [-0.15, -0.1) is 0 Å². The van der Waals surface area contributed by atoms with Crippen LogP contribution in [0, 0.1) is 0 Å². The summed E-state index contributed by atoms with van der Waals surface area (Å²) in [6.45, 7) is 3.12. The highest BCUT2D eigenvalue weighted by molar-refractivity contribution is 5.80. The molecule has 1 aliphatic heterocycles. The van der Waals surface area contributed by atoms with E-state index in [2.05, 4.69) is 34.7 Å². The molecule has 2 heterocycles. The van der Waals surface area contributed by atoms with Crippen LogP contribution < -0.4 is 5.73 Å². The van der Waals surface area contributed by atoms with Crippen molar-refractivity contribution >= 4 is 11.0 Å². The molecule has 2 N–H and O–H groups in total. The maximum atomic E-state index is 6.27. The van der Waals surface area contributed by atoms with E-state index in [1.54, 1.807) is 0 Å². The van der Waals surface area contributed by atoms with Gasteiger partial charge >= 0.3 is 0 Å². The Kier molecular flexibility index (Phi) is 2.21. The zero-order valence-electron chi connectivity index (χ0n) is 9.56. The summed E-state index contributed by atoms with van der Waals surface area (Å²) in [5, 5.41) is 0. The first-order valence-corrected chi connectivity index (χ1v) is 6.00. The molecule has 3 nitrogen and oxygen atoms in total. The van der Waals surface area contributed by atoms with E-state index in [1.165, 1.54) is 23.9 Å². The van der Waals surface area contributed by atoms with Crippen molar-refractivity contribution in [1.82, 2.24) is 9.55 Å². The molecule has 0 saturated carbocycles. The number of rotatable bonds is 2. The lowest BCUT2D eigenvalue weighted by molar-refractivity contribution is 0.428. The Bertz CT molecular complexity index is 515. The van der Waals surface area contributed by atoms with E-state index in [1.807, 2.05) is 6.33 Å². The Labute approximate surface area is 95.3 Å². The van der Waals surface area contributed by atoms with Crippen molar-refractivity contribution < 1.29 is 0 Å². The summed E-state index contributed by atoms with van der Waals surface area (Å²) in [7, 11) is 0. The summed E-state index contributed by atoms with van der Waals surface area (Å²) in [6, 6.07) is 6.61. The number of benzene rings is 1. The zero-order valence-corrected chi connectivity index (χ0v) is 9.56. The van der Waals surface area contributed by atoms with Crippen LogP contribution in [0.15, 0.2) is 24.5 Å². The molecule has 2 aromatic rings. The molecule has 0 amide bonds. The molecule has 2 unspecified atom stereocenters. The lowest BCUT2D eigenvalue weighted by atomic mass is 9.85. The molecule has 2 atom stereocenters. The van der Waals surface area contributed by atoms with Crippen LogP contribution in [0.5, 0.6) is 0 Å². The lowest BCUT2D eigenvalue weighted by Gasteiger charge is -2.30. The normalized spacial score (nSPS) is 23.9. The van der Waals surface area contributed by atoms with Gasteiger partial charge in [0.15, 0.2) is 0 Å². The number of nitrogens with two attached hydrogens (primary N) is 1. The first-order valence-electron chi connectivity index (χ1n) is 6.00. The van der Waals surface area contributed by atoms with Crippen molar-refractivity contribution in [2.24, 2.45) is 5.73 Å². The van der Waals surface area contributed by atoms with Crippen LogP contribution in [0.2, 0.25) is 0 Å². The summed E-state index contributed by atoms with van der Waals surface area (Å²) in [5.41, 5.74) is 10.0. The molecule has 0 aliphatic carbocycles. The second-order valence-electron chi connectivity index (χ2n) is 4.67. The maximum absolute atomic E-state index is 6.27. The molecule has 0 spiro atoms. The number of imidazole rings is 1. The highest BCUT2D eigenvalue weighted by Crippen LogP contribution is 2.34. The van der Waals surface area contributed by atoms with Gasteiger partial charge in [0.25, 0.3) is 0 Å². The van der Waals surface area contributed by atoms with Crippen LogP contribution in [-0.4, -0.2) is 15.6 Å². The average Bonchev–Trinajstić information content (AvgIpc) is 2.69. The first kappa shape index (κ1) is 9.85. The number of nitrogens with zero attached hydrogens (tertiary/aromatic N) is 2. The third-order valence-electron chi connectivity index (χ3n) is 3.59. The molecule has 1 aliphatic rings. The van der Waals surface area contributed by atoms with Crippen molar-refractivity contribution in [3.8, 4) is 0 Å². The Hall–Kier alpha value is -1.35. The van der Waals surface area contributed by atoms with E-state index in [0.717, 1.165) is 12.1 Å². The smallest absolute Gasteiger partial charge is 0.0958 e. The molecule has 3 rings (SSSR count). The van der Waals surface area contributed by atoms with E-state index < -0.39 is 0 Å². The number of hydrogen-bond donors (Lipinski definition) is 1. The van der Waals surface area contributed by atoms with E-state index in [0.29, 0.717) is 5.92 Å². The van der Waals surface area contributed by atoms with Gasteiger partial charge in [-0.3, -0.25) is 0 Å². The SMILES string of the molecule is CCCC1c2cccc3ncn(c23)CC1N. The van der Waals surface area contributed by atoms with E-state index in [4.69, 9.17) is 5.73 Å². The fourth-order valence-electron chi connectivity index (χ4n) is 2.86. The number of para-hydroxylation sites is 1. The van der Waals surface area contributed by atoms with E-state index in [-0.39, 0.29) is 6.04 Å². The lowest BCUT2D eigenvalue weighted by Crippen LogP contribution is -2.36. The fraction of sp³-hybridized carbons (Fsp3) is 0.462. The van der Waals surface area contributed by atoms with E-state index >= 15 is 0 Å². The van der Waals surface area contributed by atoms with Gasteiger partial charge in [0, 0.05) is 18.5 Å². The summed E-state index contributed by atoms with van der Waals surface area (Å²) < 4.78 is 2.20. The van der Waals surface area contributed by atoms with Gasteiger partial charge in [-0.25, -0.2) is 4.98 Å². The maximum Gasteiger partial charge on any atom is 0.0958 e. The van der Waals surface area contributed by atoms with Crippen LogP contribution in [0.3, 0.4) is 0 Å². The highest BCUT2D eigenvalue weighted by Gasteiger charge is 2.27. The van der Waals surface area contributed by atoms with Crippen LogP contribution in [0.4, 0.5) is 0 Å². The molecular weight excluding hydrogens is 198 g/mol. The monoisotopic (exact) mass is 215 g/mol. The Morgan fingerprint density at radius 3 is 3.19 bits per heavy atom. The second-order valence-corrected chi connectivity index (χ2v) is 4.67.